The molecule has 0 saturated heterocycles. The number of fused-ring (bicyclic) bond motifs is 1. The van der Waals surface area contributed by atoms with Crippen molar-refractivity contribution in [2.24, 2.45) is 0 Å². The third-order valence-corrected chi connectivity index (χ3v) is 5.44. The lowest BCUT2D eigenvalue weighted by atomic mass is 9.87. The predicted octanol–water partition coefficient (Wildman–Crippen LogP) is 5.57. The molecule has 1 N–H and O–H groups in total. The van der Waals surface area contributed by atoms with Crippen molar-refractivity contribution in [1.29, 1.82) is 0 Å². The maximum Gasteiger partial charge on any atom is 0.280 e. The summed E-state index contributed by atoms with van der Waals surface area (Å²) in [5.41, 5.74) is 1.64. The summed E-state index contributed by atoms with van der Waals surface area (Å²) in [5, 5.41) is 2.60. The number of nitrogens with one attached hydrogen (secondary N) is 1. The van der Waals surface area contributed by atoms with Gasteiger partial charge >= 0.3 is 0 Å². The molecule has 3 aromatic rings. The van der Waals surface area contributed by atoms with E-state index in [0.29, 0.717) is 17.3 Å². The number of hydrogen-bond donors (Lipinski definition) is 1. The number of rotatable bonds is 6. The van der Waals surface area contributed by atoms with Gasteiger partial charge in [-0.15, -0.1) is 0 Å². The van der Waals surface area contributed by atoms with E-state index in [1.807, 2.05) is 31.2 Å². The molecule has 9 heteroatoms. The molecule has 0 radical (unpaired) electrons. The normalized spacial score (nSPS) is 14.2. The molecule has 3 heterocycles. The minimum atomic E-state index is -2.71. The SMILES string of the molecule is C=O.CC(C)Oc1cc2nc(C3CCCCC3)cn2cc1C(=O)Nc1cccc(C(F)F)n1. The first-order valence-electron chi connectivity index (χ1n) is 11.0. The summed E-state index contributed by atoms with van der Waals surface area (Å²) in [4.78, 5) is 29.6. The van der Waals surface area contributed by atoms with Gasteiger partial charge in [-0.1, -0.05) is 25.3 Å². The van der Waals surface area contributed by atoms with Crippen molar-refractivity contribution < 1.29 is 23.1 Å². The first-order valence-corrected chi connectivity index (χ1v) is 11.0. The number of pyridine rings is 2. The molecule has 1 aliphatic rings. The van der Waals surface area contributed by atoms with E-state index in [-0.39, 0.29) is 17.5 Å². The standard InChI is InChI=1S/C23H26F2N4O2.CH2O/c1-14(2)31-19-11-21-27-18(15-7-4-3-5-8-15)13-29(21)12-16(19)23(30)28-20-10-6-9-17(26-20)22(24)25;1-2/h6,9-15,22H,3-5,7-8H2,1-2H3,(H,26,28,30);1H2. The van der Waals surface area contributed by atoms with E-state index in [1.165, 1.54) is 37.5 Å². The second-order valence-corrected chi connectivity index (χ2v) is 8.19. The molecule has 0 spiro atoms. The average Bonchev–Trinajstić information content (AvgIpc) is 3.23. The van der Waals surface area contributed by atoms with Gasteiger partial charge in [0.2, 0.25) is 0 Å². The molecule has 1 aliphatic carbocycles. The molecule has 33 heavy (non-hydrogen) atoms. The summed E-state index contributed by atoms with van der Waals surface area (Å²) in [6, 6.07) is 5.89. The first-order chi connectivity index (χ1) is 15.9. The number of nitrogens with zero attached hydrogens (tertiary/aromatic N) is 3. The fraction of sp³-hybridized carbons (Fsp3) is 0.417. The van der Waals surface area contributed by atoms with Gasteiger partial charge in [-0.2, -0.15) is 0 Å². The van der Waals surface area contributed by atoms with Crippen LogP contribution in [-0.2, 0) is 4.79 Å². The Labute approximate surface area is 191 Å². The van der Waals surface area contributed by atoms with Gasteiger partial charge in [-0.05, 0) is 38.8 Å². The molecule has 0 unspecified atom stereocenters. The number of hydrogen-bond acceptors (Lipinski definition) is 5. The number of aromatic nitrogens is 3. The van der Waals surface area contributed by atoms with Crippen LogP contribution in [0, 0.1) is 0 Å². The molecule has 7 nitrogen and oxygen atoms in total. The number of anilines is 1. The second kappa shape index (κ2) is 11.0. The zero-order valence-electron chi connectivity index (χ0n) is 18.8. The number of imidazole rings is 1. The van der Waals surface area contributed by atoms with Gasteiger partial charge in [0.15, 0.2) is 0 Å². The Hall–Kier alpha value is -3.36. The maximum atomic E-state index is 13.0. The number of amides is 1. The lowest BCUT2D eigenvalue weighted by Gasteiger charge is -2.19. The van der Waals surface area contributed by atoms with E-state index < -0.39 is 18.0 Å². The Balaban J connectivity index is 0.00000149. The highest BCUT2D eigenvalue weighted by atomic mass is 19.3. The average molecular weight is 459 g/mol. The van der Waals surface area contributed by atoms with Crippen LogP contribution in [0.1, 0.15) is 80.0 Å². The summed E-state index contributed by atoms with van der Waals surface area (Å²) < 4.78 is 33.6. The van der Waals surface area contributed by atoms with Crippen molar-refractivity contribution in [2.75, 3.05) is 5.32 Å². The summed E-state index contributed by atoms with van der Waals surface area (Å²) in [6.45, 7) is 5.75. The van der Waals surface area contributed by atoms with Crippen molar-refractivity contribution in [3.05, 3.63) is 53.6 Å². The van der Waals surface area contributed by atoms with E-state index in [0.717, 1.165) is 18.5 Å². The van der Waals surface area contributed by atoms with Crippen LogP contribution in [0.3, 0.4) is 0 Å². The topological polar surface area (TPSA) is 85.6 Å². The largest absolute Gasteiger partial charge is 0.490 e. The molecule has 1 amide bonds. The minimum absolute atomic E-state index is 0.0620. The number of carbonyl (C=O) groups excluding carboxylic acids is 2. The van der Waals surface area contributed by atoms with Crippen LogP contribution >= 0.6 is 0 Å². The van der Waals surface area contributed by atoms with Crippen molar-refractivity contribution >= 4 is 24.2 Å². The molecule has 3 aromatic heterocycles. The monoisotopic (exact) mass is 458 g/mol. The van der Waals surface area contributed by atoms with E-state index in [1.54, 1.807) is 12.3 Å². The number of halogens is 2. The maximum absolute atomic E-state index is 13.0. The van der Waals surface area contributed by atoms with E-state index in [4.69, 9.17) is 14.5 Å². The molecule has 1 fully saturated rings. The highest BCUT2D eigenvalue weighted by Gasteiger charge is 2.21. The van der Waals surface area contributed by atoms with Crippen molar-refractivity contribution in [3.63, 3.8) is 0 Å². The van der Waals surface area contributed by atoms with Gasteiger partial charge < -0.3 is 19.2 Å². The Morgan fingerprint density at radius 3 is 2.55 bits per heavy atom. The fourth-order valence-electron chi connectivity index (χ4n) is 3.98. The predicted molar refractivity (Wildman–Crippen MR) is 121 cm³/mol. The van der Waals surface area contributed by atoms with Gasteiger partial charge in [0.05, 0.1) is 17.4 Å². The molecule has 176 valence electrons. The molecule has 1 saturated carbocycles. The Bertz CT molecular complexity index is 1090. The zero-order valence-corrected chi connectivity index (χ0v) is 18.8. The van der Waals surface area contributed by atoms with Crippen molar-refractivity contribution in [3.8, 4) is 5.75 Å². The highest BCUT2D eigenvalue weighted by molar-refractivity contribution is 6.05. The fourth-order valence-corrected chi connectivity index (χ4v) is 3.98. The highest BCUT2D eigenvalue weighted by Crippen LogP contribution is 2.33. The molecule has 4 rings (SSSR count). The van der Waals surface area contributed by atoms with Gasteiger partial charge in [0, 0.05) is 24.4 Å². The molecular weight excluding hydrogens is 430 g/mol. The number of alkyl halides is 2. The quantitative estimate of drug-likeness (QED) is 0.522. The van der Waals surface area contributed by atoms with E-state index in [2.05, 4.69) is 10.3 Å². The van der Waals surface area contributed by atoms with Crippen LogP contribution < -0.4 is 10.1 Å². The summed E-state index contributed by atoms with van der Waals surface area (Å²) >= 11 is 0. The Morgan fingerprint density at radius 1 is 1.15 bits per heavy atom. The molecule has 0 aliphatic heterocycles. The lowest BCUT2D eigenvalue weighted by molar-refractivity contribution is -0.0980. The van der Waals surface area contributed by atoms with Gasteiger partial charge in [0.25, 0.3) is 12.3 Å². The Morgan fingerprint density at radius 2 is 1.88 bits per heavy atom. The second-order valence-electron chi connectivity index (χ2n) is 8.19. The van der Waals surface area contributed by atoms with Crippen LogP contribution in [0.4, 0.5) is 14.6 Å². The van der Waals surface area contributed by atoms with Crippen molar-refractivity contribution in [2.45, 2.75) is 64.4 Å². The lowest BCUT2D eigenvalue weighted by Crippen LogP contribution is -2.17. The van der Waals surface area contributed by atoms with E-state index >= 15 is 0 Å². The summed E-state index contributed by atoms with van der Waals surface area (Å²) in [7, 11) is 0. The van der Waals surface area contributed by atoms with Crippen LogP contribution in [0.25, 0.3) is 5.65 Å². The van der Waals surface area contributed by atoms with Crippen molar-refractivity contribution in [1.82, 2.24) is 14.4 Å². The summed E-state index contributed by atoms with van der Waals surface area (Å²) in [6.07, 6.45) is 6.71. The number of carbonyl (C=O) groups is 2. The van der Waals surface area contributed by atoms with Crippen LogP contribution in [-0.4, -0.2) is 33.2 Å². The first kappa shape index (κ1) is 24.3. The molecule has 0 bridgehead atoms. The van der Waals surface area contributed by atoms with Crippen LogP contribution in [0.15, 0.2) is 36.7 Å². The smallest absolute Gasteiger partial charge is 0.280 e. The summed E-state index contributed by atoms with van der Waals surface area (Å²) in [5.74, 6) is 0.406. The molecule has 0 atom stereocenters. The third-order valence-electron chi connectivity index (χ3n) is 5.44. The zero-order chi connectivity index (χ0) is 24.0. The van der Waals surface area contributed by atoms with Gasteiger partial charge in [-0.3, -0.25) is 4.79 Å². The van der Waals surface area contributed by atoms with E-state index in [9.17, 15) is 13.6 Å². The third kappa shape index (κ3) is 5.91. The number of ether oxygens (including phenoxy) is 1. The Kier molecular flexibility index (Phi) is 8.08. The van der Waals surface area contributed by atoms with Crippen LogP contribution in [0.5, 0.6) is 5.75 Å². The minimum Gasteiger partial charge on any atom is -0.490 e. The van der Waals surface area contributed by atoms with Gasteiger partial charge in [-0.25, -0.2) is 18.7 Å². The van der Waals surface area contributed by atoms with Crippen LogP contribution in [0.2, 0.25) is 0 Å². The molecule has 0 aromatic carbocycles. The van der Waals surface area contributed by atoms with Gasteiger partial charge in [0.1, 0.15) is 29.7 Å². The molecular formula is C24H28F2N4O3.